The average molecular weight is 370 g/mol. The van der Waals surface area contributed by atoms with Crippen LogP contribution in [-0.4, -0.2) is 48.9 Å². The third kappa shape index (κ3) is 6.40. The number of guanidine groups is 1. The molecule has 1 amide bonds. The Kier molecular flexibility index (Phi) is 7.79. The third-order valence-electron chi connectivity index (χ3n) is 4.23. The van der Waals surface area contributed by atoms with Gasteiger partial charge >= 0.3 is 0 Å². The van der Waals surface area contributed by atoms with E-state index in [0.29, 0.717) is 25.6 Å². The van der Waals surface area contributed by atoms with Crippen molar-refractivity contribution in [1.82, 2.24) is 15.1 Å². The van der Waals surface area contributed by atoms with E-state index in [1.54, 1.807) is 18.0 Å². The number of likely N-dealkylation sites (N-methyl/N-ethyl adjacent to an activating group) is 1. The summed E-state index contributed by atoms with van der Waals surface area (Å²) >= 11 is 0. The molecule has 5 nitrogen and oxygen atoms in total. The normalized spacial score (nSPS) is 11.2. The molecule has 27 heavy (non-hydrogen) atoms. The van der Waals surface area contributed by atoms with Crippen molar-refractivity contribution in [3.63, 3.8) is 0 Å². The molecule has 2 aromatic carbocycles. The zero-order chi connectivity index (χ0) is 19.6. The molecular weight excluding hydrogens is 343 g/mol. The van der Waals surface area contributed by atoms with Gasteiger partial charge in [-0.15, -0.1) is 0 Å². The zero-order valence-electron chi connectivity index (χ0n) is 16.2. The number of hydrogen-bond acceptors (Lipinski definition) is 2. The van der Waals surface area contributed by atoms with E-state index in [0.717, 1.165) is 11.1 Å². The molecule has 0 spiro atoms. The fraction of sp³-hybridized carbons (Fsp3) is 0.333. The van der Waals surface area contributed by atoms with Gasteiger partial charge in [0.1, 0.15) is 5.82 Å². The molecule has 1 N–H and O–H groups in total. The molecule has 0 saturated carbocycles. The van der Waals surface area contributed by atoms with Gasteiger partial charge in [-0.3, -0.25) is 9.79 Å². The van der Waals surface area contributed by atoms with Crippen LogP contribution < -0.4 is 5.32 Å². The lowest BCUT2D eigenvalue weighted by Crippen LogP contribution is -2.44. The number of rotatable bonds is 7. The minimum atomic E-state index is -0.265. The van der Waals surface area contributed by atoms with Crippen LogP contribution in [0.25, 0.3) is 0 Å². The third-order valence-corrected chi connectivity index (χ3v) is 4.23. The average Bonchev–Trinajstić information content (AvgIpc) is 2.67. The summed E-state index contributed by atoms with van der Waals surface area (Å²) in [7, 11) is 3.52. The SMILES string of the molecule is CCN(Cc1ccccc1)C(=O)CNC(=NC)N(C)Cc1cccc(F)c1. The molecule has 6 heteroatoms. The molecule has 0 saturated heterocycles. The van der Waals surface area contributed by atoms with Gasteiger partial charge in [0.2, 0.25) is 5.91 Å². The van der Waals surface area contributed by atoms with Crippen molar-refractivity contribution in [3.05, 3.63) is 71.5 Å². The number of nitrogens with zero attached hydrogens (tertiary/aromatic N) is 3. The Morgan fingerprint density at radius 2 is 1.78 bits per heavy atom. The minimum absolute atomic E-state index is 0.00154. The van der Waals surface area contributed by atoms with Crippen LogP contribution in [0.5, 0.6) is 0 Å². The monoisotopic (exact) mass is 370 g/mol. The molecule has 0 unspecified atom stereocenters. The number of halogens is 1. The maximum Gasteiger partial charge on any atom is 0.242 e. The van der Waals surface area contributed by atoms with Crippen molar-refractivity contribution in [1.29, 1.82) is 0 Å². The predicted octanol–water partition coefficient (Wildman–Crippen LogP) is 2.88. The van der Waals surface area contributed by atoms with E-state index in [1.165, 1.54) is 12.1 Å². The van der Waals surface area contributed by atoms with Crippen LogP contribution in [0.15, 0.2) is 59.6 Å². The highest BCUT2D eigenvalue weighted by atomic mass is 19.1. The minimum Gasteiger partial charge on any atom is -0.347 e. The van der Waals surface area contributed by atoms with Gasteiger partial charge in [0.05, 0.1) is 6.54 Å². The summed E-state index contributed by atoms with van der Waals surface area (Å²) in [4.78, 5) is 20.4. The lowest BCUT2D eigenvalue weighted by molar-refractivity contribution is -0.130. The molecule has 0 bridgehead atoms. The predicted molar refractivity (Wildman–Crippen MR) is 107 cm³/mol. The van der Waals surface area contributed by atoms with E-state index in [9.17, 15) is 9.18 Å². The Hall–Kier alpha value is -2.89. The van der Waals surface area contributed by atoms with Crippen molar-refractivity contribution >= 4 is 11.9 Å². The first-order valence-corrected chi connectivity index (χ1v) is 9.01. The van der Waals surface area contributed by atoms with Crippen molar-refractivity contribution in [2.24, 2.45) is 4.99 Å². The van der Waals surface area contributed by atoms with Crippen LogP contribution in [0.2, 0.25) is 0 Å². The Morgan fingerprint density at radius 1 is 1.07 bits per heavy atom. The van der Waals surface area contributed by atoms with Gasteiger partial charge in [-0.25, -0.2) is 4.39 Å². The number of amides is 1. The quantitative estimate of drug-likeness (QED) is 0.602. The molecule has 0 aliphatic heterocycles. The van der Waals surface area contributed by atoms with E-state index in [1.807, 2.05) is 55.3 Å². The van der Waals surface area contributed by atoms with Crippen molar-refractivity contribution < 1.29 is 9.18 Å². The summed E-state index contributed by atoms with van der Waals surface area (Å²) in [6, 6.07) is 16.4. The molecule has 0 aliphatic carbocycles. The van der Waals surface area contributed by atoms with Crippen LogP contribution in [0.1, 0.15) is 18.1 Å². The Balaban J connectivity index is 1.90. The van der Waals surface area contributed by atoms with E-state index in [-0.39, 0.29) is 18.3 Å². The van der Waals surface area contributed by atoms with E-state index in [4.69, 9.17) is 0 Å². The van der Waals surface area contributed by atoms with Gasteiger partial charge in [-0.1, -0.05) is 42.5 Å². The fourth-order valence-electron chi connectivity index (χ4n) is 2.82. The largest absolute Gasteiger partial charge is 0.347 e. The molecule has 0 atom stereocenters. The first kappa shape index (κ1) is 20.4. The number of benzene rings is 2. The molecule has 0 aromatic heterocycles. The molecule has 144 valence electrons. The fourth-order valence-corrected chi connectivity index (χ4v) is 2.82. The Labute approximate surface area is 160 Å². The van der Waals surface area contributed by atoms with E-state index in [2.05, 4.69) is 10.3 Å². The molecule has 0 fully saturated rings. The van der Waals surface area contributed by atoms with Gasteiger partial charge < -0.3 is 15.1 Å². The lowest BCUT2D eigenvalue weighted by atomic mass is 10.2. The number of hydrogen-bond donors (Lipinski definition) is 1. The van der Waals surface area contributed by atoms with Crippen LogP contribution >= 0.6 is 0 Å². The van der Waals surface area contributed by atoms with Gasteiger partial charge in [0, 0.05) is 33.7 Å². The molecule has 2 aromatic rings. The first-order valence-electron chi connectivity index (χ1n) is 9.01. The van der Waals surface area contributed by atoms with Crippen LogP contribution in [-0.2, 0) is 17.9 Å². The van der Waals surface area contributed by atoms with Gasteiger partial charge in [0.25, 0.3) is 0 Å². The van der Waals surface area contributed by atoms with Crippen molar-refractivity contribution in [3.8, 4) is 0 Å². The van der Waals surface area contributed by atoms with Gasteiger partial charge in [0.15, 0.2) is 5.96 Å². The highest BCUT2D eigenvalue weighted by Gasteiger charge is 2.14. The number of carbonyl (C=O) groups is 1. The van der Waals surface area contributed by atoms with Crippen LogP contribution in [0.4, 0.5) is 4.39 Å². The highest BCUT2D eigenvalue weighted by molar-refractivity contribution is 5.86. The summed E-state index contributed by atoms with van der Waals surface area (Å²) < 4.78 is 13.3. The number of aliphatic imine (C=N–C) groups is 1. The maximum atomic E-state index is 13.3. The van der Waals surface area contributed by atoms with Crippen LogP contribution in [0.3, 0.4) is 0 Å². The van der Waals surface area contributed by atoms with Crippen molar-refractivity contribution in [2.75, 3.05) is 27.2 Å². The molecular formula is C21H27FN4O. The summed E-state index contributed by atoms with van der Waals surface area (Å²) in [5.41, 5.74) is 1.94. The zero-order valence-corrected chi connectivity index (χ0v) is 16.2. The summed E-state index contributed by atoms with van der Waals surface area (Å²) in [5, 5.41) is 3.10. The van der Waals surface area contributed by atoms with Crippen LogP contribution in [0, 0.1) is 5.82 Å². The summed E-state index contributed by atoms with van der Waals surface area (Å²) in [5.74, 6) is 0.323. The first-order chi connectivity index (χ1) is 13.0. The lowest BCUT2D eigenvalue weighted by Gasteiger charge is -2.25. The molecule has 2 rings (SSSR count). The topological polar surface area (TPSA) is 47.9 Å². The highest BCUT2D eigenvalue weighted by Crippen LogP contribution is 2.07. The van der Waals surface area contributed by atoms with Gasteiger partial charge in [-0.05, 0) is 30.2 Å². The maximum absolute atomic E-state index is 13.3. The Bertz CT molecular complexity index is 764. The molecule has 0 heterocycles. The van der Waals surface area contributed by atoms with E-state index >= 15 is 0 Å². The molecule has 0 aliphatic rings. The smallest absolute Gasteiger partial charge is 0.242 e. The second-order valence-corrected chi connectivity index (χ2v) is 6.28. The summed E-state index contributed by atoms with van der Waals surface area (Å²) in [6.07, 6.45) is 0. The van der Waals surface area contributed by atoms with Crippen molar-refractivity contribution in [2.45, 2.75) is 20.0 Å². The molecule has 0 radical (unpaired) electrons. The number of nitrogens with one attached hydrogen (secondary N) is 1. The summed E-state index contributed by atoms with van der Waals surface area (Å²) in [6.45, 7) is 3.82. The van der Waals surface area contributed by atoms with E-state index < -0.39 is 0 Å². The second kappa shape index (κ2) is 10.3. The second-order valence-electron chi connectivity index (χ2n) is 6.28. The Morgan fingerprint density at radius 3 is 2.41 bits per heavy atom. The number of carbonyl (C=O) groups excluding carboxylic acids is 1. The van der Waals surface area contributed by atoms with Gasteiger partial charge in [-0.2, -0.15) is 0 Å². The standard InChI is InChI=1S/C21H27FN4O/c1-4-26(16-17-9-6-5-7-10-17)20(27)14-24-21(23-2)25(3)15-18-11-8-12-19(22)13-18/h5-13H,4,14-16H2,1-3H3,(H,23,24).